The molecule has 2 fully saturated rings. The van der Waals surface area contributed by atoms with Gasteiger partial charge in [0.05, 0.1) is 33.4 Å². The molecule has 1 unspecified atom stereocenters. The number of benzene rings is 1. The topological polar surface area (TPSA) is 88.1 Å². The Morgan fingerprint density at radius 2 is 1.78 bits per heavy atom. The van der Waals surface area contributed by atoms with Gasteiger partial charge in [0, 0.05) is 11.8 Å². The number of carbonyl (C=O) groups is 3. The van der Waals surface area contributed by atoms with E-state index >= 15 is 0 Å². The van der Waals surface area contributed by atoms with Gasteiger partial charge in [0.1, 0.15) is 0 Å². The zero-order valence-electron chi connectivity index (χ0n) is 18.6. The van der Waals surface area contributed by atoms with E-state index < -0.39 is 35.5 Å². The predicted molar refractivity (Wildman–Crippen MR) is 114 cm³/mol. The maximum absolute atomic E-state index is 13.5. The van der Waals surface area contributed by atoms with Crippen molar-refractivity contribution in [2.45, 2.75) is 32.7 Å². The van der Waals surface area contributed by atoms with Crippen molar-refractivity contribution >= 4 is 17.7 Å². The van der Waals surface area contributed by atoms with Crippen LogP contribution < -0.4 is 0 Å². The minimum absolute atomic E-state index is 0.0564. The summed E-state index contributed by atoms with van der Waals surface area (Å²) in [5.41, 5.74) is 1.66. The Morgan fingerprint density at radius 3 is 2.38 bits per heavy atom. The molecule has 1 aromatic carbocycles. The van der Waals surface area contributed by atoms with Gasteiger partial charge in [0.25, 0.3) is 0 Å². The Kier molecular flexibility index (Phi) is 6.05. The fourth-order valence-corrected chi connectivity index (χ4v) is 5.54. The van der Waals surface area contributed by atoms with Gasteiger partial charge in [-0.05, 0) is 30.9 Å². The molecule has 0 radical (unpaired) electrons. The van der Waals surface area contributed by atoms with E-state index in [1.54, 1.807) is 0 Å². The Hall–Kier alpha value is -2.77. The SMILES string of the molecule is C=C(C)CC1=C2CC(C(=O)OC)(C(=O)OC)C3CO[C@H](OCc4ccccc4)[C@H](C1=O)[C@H]23. The quantitative estimate of drug-likeness (QED) is 0.366. The van der Waals surface area contributed by atoms with Crippen LogP contribution in [-0.4, -0.2) is 44.8 Å². The van der Waals surface area contributed by atoms with Gasteiger partial charge in [-0.3, -0.25) is 14.4 Å². The van der Waals surface area contributed by atoms with Crippen molar-refractivity contribution in [3.05, 3.63) is 59.2 Å². The first-order valence-corrected chi connectivity index (χ1v) is 10.7. The van der Waals surface area contributed by atoms with Gasteiger partial charge >= 0.3 is 11.9 Å². The third-order valence-electron chi connectivity index (χ3n) is 6.88. The first-order chi connectivity index (χ1) is 15.3. The van der Waals surface area contributed by atoms with E-state index in [1.807, 2.05) is 37.3 Å². The second-order valence-corrected chi connectivity index (χ2v) is 8.79. The number of hydrogen-bond acceptors (Lipinski definition) is 7. The van der Waals surface area contributed by atoms with Crippen molar-refractivity contribution in [1.29, 1.82) is 0 Å². The first kappa shape index (κ1) is 22.4. The zero-order valence-corrected chi connectivity index (χ0v) is 18.6. The molecule has 0 spiro atoms. The Balaban J connectivity index is 1.72. The summed E-state index contributed by atoms with van der Waals surface area (Å²) in [5.74, 6) is -2.92. The second kappa shape index (κ2) is 8.64. The summed E-state index contributed by atoms with van der Waals surface area (Å²) < 4.78 is 22.1. The van der Waals surface area contributed by atoms with E-state index in [-0.39, 0.29) is 31.3 Å². The molecule has 4 rings (SSSR count). The zero-order chi connectivity index (χ0) is 23.0. The van der Waals surface area contributed by atoms with Crippen molar-refractivity contribution < 1.29 is 33.3 Å². The molecule has 1 aliphatic heterocycles. The summed E-state index contributed by atoms with van der Waals surface area (Å²) in [4.78, 5) is 39.4. The average molecular weight is 440 g/mol. The molecule has 3 aliphatic rings. The summed E-state index contributed by atoms with van der Waals surface area (Å²) in [5, 5.41) is 0. The standard InChI is InChI=1S/C25H28O7/c1-14(2)10-16-17-11-25(23(27)29-3,24(28)30-4)18-13-32-22(20(19(17)18)21(16)26)31-12-15-8-6-5-7-9-15/h5-9,18-20,22H,1,10-13H2,2-4H3/t18?,19-,20+,22+/m1/s1. The van der Waals surface area contributed by atoms with Gasteiger partial charge < -0.3 is 18.9 Å². The number of Topliss-reactive ketones (excluding diaryl/α,β-unsaturated/α-hetero) is 1. The van der Waals surface area contributed by atoms with Crippen molar-refractivity contribution in [3.8, 4) is 0 Å². The third-order valence-corrected chi connectivity index (χ3v) is 6.88. The predicted octanol–water partition coefficient (Wildman–Crippen LogP) is 2.99. The number of ether oxygens (including phenoxy) is 4. The molecule has 1 saturated carbocycles. The van der Waals surface area contributed by atoms with E-state index in [4.69, 9.17) is 18.9 Å². The van der Waals surface area contributed by atoms with Crippen LogP contribution in [0.2, 0.25) is 0 Å². The molecule has 0 bridgehead atoms. The summed E-state index contributed by atoms with van der Waals surface area (Å²) >= 11 is 0. The van der Waals surface area contributed by atoms with E-state index in [2.05, 4.69) is 6.58 Å². The fraction of sp³-hybridized carbons (Fsp3) is 0.480. The molecule has 7 nitrogen and oxygen atoms in total. The summed E-state index contributed by atoms with van der Waals surface area (Å²) in [7, 11) is 2.50. The lowest BCUT2D eigenvalue weighted by molar-refractivity contribution is -0.229. The smallest absolute Gasteiger partial charge is 0.323 e. The monoisotopic (exact) mass is 440 g/mol. The lowest BCUT2D eigenvalue weighted by Crippen LogP contribution is -2.53. The maximum Gasteiger partial charge on any atom is 0.323 e. The molecule has 0 N–H and O–H groups in total. The highest BCUT2D eigenvalue weighted by Crippen LogP contribution is 2.61. The van der Waals surface area contributed by atoms with Crippen molar-refractivity contribution in [1.82, 2.24) is 0 Å². The second-order valence-electron chi connectivity index (χ2n) is 8.79. The van der Waals surface area contributed by atoms with Gasteiger partial charge in [0.2, 0.25) is 0 Å². The van der Waals surface area contributed by atoms with Crippen LogP contribution in [0.3, 0.4) is 0 Å². The Labute approximate surface area is 187 Å². The number of rotatable bonds is 7. The molecule has 2 aliphatic carbocycles. The summed E-state index contributed by atoms with van der Waals surface area (Å²) in [6.07, 6.45) is -0.299. The number of carbonyl (C=O) groups excluding carboxylic acids is 3. The van der Waals surface area contributed by atoms with Crippen LogP contribution in [0.5, 0.6) is 0 Å². The van der Waals surface area contributed by atoms with Crippen LogP contribution in [0.1, 0.15) is 25.3 Å². The highest BCUT2D eigenvalue weighted by atomic mass is 16.7. The van der Waals surface area contributed by atoms with E-state index in [0.29, 0.717) is 12.0 Å². The highest BCUT2D eigenvalue weighted by molar-refractivity contribution is 6.06. The first-order valence-electron chi connectivity index (χ1n) is 10.7. The average Bonchev–Trinajstić information content (AvgIpc) is 3.28. The molecular weight excluding hydrogens is 412 g/mol. The van der Waals surface area contributed by atoms with Crippen LogP contribution in [-0.2, 0) is 39.9 Å². The van der Waals surface area contributed by atoms with Gasteiger partial charge in [0.15, 0.2) is 17.5 Å². The number of esters is 2. The number of allylic oxidation sites excluding steroid dienone is 3. The summed E-state index contributed by atoms with van der Waals surface area (Å²) in [6.45, 7) is 6.18. The molecule has 32 heavy (non-hydrogen) atoms. The van der Waals surface area contributed by atoms with Gasteiger partial charge in [-0.1, -0.05) is 48.1 Å². The summed E-state index contributed by atoms with van der Waals surface area (Å²) in [6, 6.07) is 9.63. The molecule has 4 atom stereocenters. The minimum atomic E-state index is -1.53. The largest absolute Gasteiger partial charge is 0.468 e. The van der Waals surface area contributed by atoms with Crippen LogP contribution >= 0.6 is 0 Å². The Morgan fingerprint density at radius 1 is 1.12 bits per heavy atom. The molecule has 1 heterocycles. The molecule has 170 valence electrons. The van der Waals surface area contributed by atoms with E-state index in [0.717, 1.165) is 16.7 Å². The van der Waals surface area contributed by atoms with Gasteiger partial charge in [-0.15, -0.1) is 0 Å². The Bertz CT molecular complexity index is 961. The van der Waals surface area contributed by atoms with Crippen LogP contribution in [0, 0.1) is 23.2 Å². The minimum Gasteiger partial charge on any atom is -0.468 e. The number of methoxy groups -OCH3 is 2. The van der Waals surface area contributed by atoms with Crippen LogP contribution in [0.25, 0.3) is 0 Å². The maximum atomic E-state index is 13.5. The molecule has 0 aromatic heterocycles. The van der Waals surface area contributed by atoms with E-state index in [9.17, 15) is 14.4 Å². The normalized spacial score (nSPS) is 27.8. The molecule has 1 saturated heterocycles. The van der Waals surface area contributed by atoms with Crippen molar-refractivity contribution in [3.63, 3.8) is 0 Å². The fourth-order valence-electron chi connectivity index (χ4n) is 5.54. The molecule has 0 amide bonds. The van der Waals surface area contributed by atoms with Crippen molar-refractivity contribution in [2.75, 3.05) is 20.8 Å². The third kappa shape index (κ3) is 3.40. The van der Waals surface area contributed by atoms with Crippen LogP contribution in [0.4, 0.5) is 0 Å². The number of ketones is 1. The molecule has 7 heteroatoms. The van der Waals surface area contributed by atoms with Crippen LogP contribution in [0.15, 0.2) is 53.6 Å². The van der Waals surface area contributed by atoms with Gasteiger partial charge in [-0.25, -0.2) is 0 Å². The lowest BCUT2D eigenvalue weighted by atomic mass is 9.70. The van der Waals surface area contributed by atoms with Crippen molar-refractivity contribution in [2.24, 2.45) is 23.2 Å². The highest BCUT2D eigenvalue weighted by Gasteiger charge is 2.69. The number of hydrogen-bond donors (Lipinski definition) is 0. The van der Waals surface area contributed by atoms with Gasteiger partial charge in [-0.2, -0.15) is 0 Å². The van der Waals surface area contributed by atoms with E-state index in [1.165, 1.54) is 14.2 Å². The molecular formula is C25H28O7. The molecule has 1 aromatic rings. The lowest BCUT2D eigenvalue weighted by Gasteiger charge is -2.40.